The van der Waals surface area contributed by atoms with Crippen LogP contribution in [0.2, 0.25) is 0 Å². The van der Waals surface area contributed by atoms with Crippen LogP contribution >= 0.6 is 15.9 Å². The van der Waals surface area contributed by atoms with Crippen molar-refractivity contribution in [3.8, 4) is 0 Å². The highest BCUT2D eigenvalue weighted by Gasteiger charge is 2.20. The van der Waals surface area contributed by atoms with Crippen LogP contribution in [0.5, 0.6) is 0 Å². The summed E-state index contributed by atoms with van der Waals surface area (Å²) in [4.78, 5) is 12.6. The lowest BCUT2D eigenvalue weighted by Gasteiger charge is -2.12. The van der Waals surface area contributed by atoms with Crippen LogP contribution in [0, 0.1) is 0 Å². The number of aryl methyl sites for hydroxylation is 1. The van der Waals surface area contributed by atoms with Gasteiger partial charge in [-0.3, -0.25) is 4.79 Å². The van der Waals surface area contributed by atoms with Crippen molar-refractivity contribution in [2.75, 3.05) is 0 Å². The van der Waals surface area contributed by atoms with Crippen LogP contribution in [0.25, 0.3) is 0 Å². The molecular formula is C22H22BrNO4S. The number of hydrogen-bond acceptors (Lipinski definition) is 4. The molecule has 0 saturated carbocycles. The summed E-state index contributed by atoms with van der Waals surface area (Å²) in [6.07, 6.45) is 1.65. The van der Waals surface area contributed by atoms with Crippen LogP contribution in [-0.2, 0) is 22.0 Å². The van der Waals surface area contributed by atoms with Crippen LogP contribution in [0.1, 0.15) is 35.2 Å². The molecule has 0 aliphatic heterocycles. The molecule has 0 fully saturated rings. The van der Waals surface area contributed by atoms with E-state index < -0.39 is 9.84 Å². The molecule has 0 unspecified atom stereocenters. The van der Waals surface area contributed by atoms with Crippen LogP contribution in [0.15, 0.2) is 80.5 Å². The highest BCUT2D eigenvalue weighted by molar-refractivity contribution is 9.10. The molecule has 0 saturated heterocycles. The van der Waals surface area contributed by atoms with Crippen LogP contribution < -0.4 is 5.32 Å². The average Bonchev–Trinajstić information content (AvgIpc) is 3.15. The van der Waals surface area contributed by atoms with Gasteiger partial charge in [-0.2, -0.15) is 0 Å². The van der Waals surface area contributed by atoms with Crippen molar-refractivity contribution in [1.29, 1.82) is 0 Å². The Hall–Kier alpha value is -2.38. The van der Waals surface area contributed by atoms with Gasteiger partial charge in [-0.15, -0.1) is 0 Å². The number of carbonyl (C=O) groups excluding carboxylic acids is 1. The predicted molar refractivity (Wildman–Crippen MR) is 115 cm³/mol. The zero-order valence-corrected chi connectivity index (χ0v) is 18.4. The number of hydrogen-bond donors (Lipinski definition) is 1. The van der Waals surface area contributed by atoms with Crippen LogP contribution in [0.4, 0.5) is 0 Å². The molecule has 29 heavy (non-hydrogen) atoms. The van der Waals surface area contributed by atoms with Crippen molar-refractivity contribution in [3.63, 3.8) is 0 Å². The normalized spacial score (nSPS) is 12.5. The van der Waals surface area contributed by atoms with E-state index in [0.29, 0.717) is 0 Å². The van der Waals surface area contributed by atoms with Gasteiger partial charge in [0.25, 0.3) is 5.91 Å². The van der Waals surface area contributed by atoms with E-state index in [4.69, 9.17) is 4.42 Å². The minimum atomic E-state index is -3.55. The Morgan fingerprint density at radius 2 is 1.72 bits per heavy atom. The van der Waals surface area contributed by atoms with E-state index in [1.807, 2.05) is 25.1 Å². The third-order valence-corrected chi connectivity index (χ3v) is 6.66. The van der Waals surface area contributed by atoms with Crippen molar-refractivity contribution in [2.45, 2.75) is 36.5 Å². The SMILES string of the molecule is C[C@@H](CCc1ccccc1)NC(=O)c1ccc(CS(=O)(=O)c2ccc(Br)cc2)o1. The van der Waals surface area contributed by atoms with Gasteiger partial charge in [-0.1, -0.05) is 46.3 Å². The molecule has 0 bridgehead atoms. The number of sulfone groups is 1. The van der Waals surface area contributed by atoms with Gasteiger partial charge in [-0.25, -0.2) is 8.42 Å². The standard InChI is InChI=1S/C22H22BrNO4S/c1-16(7-8-17-5-3-2-4-6-17)24-22(25)21-14-11-19(28-21)15-29(26,27)20-12-9-18(23)10-13-20/h2-6,9-14,16H,7-8,15H2,1H3,(H,24,25)/t16-/m0/s1. The monoisotopic (exact) mass is 475 g/mol. The summed E-state index contributed by atoms with van der Waals surface area (Å²) < 4.78 is 31.3. The number of benzene rings is 2. The maximum Gasteiger partial charge on any atom is 0.287 e. The van der Waals surface area contributed by atoms with Gasteiger partial charge in [-0.05, 0) is 61.7 Å². The average molecular weight is 476 g/mol. The fraction of sp³-hybridized carbons (Fsp3) is 0.227. The fourth-order valence-corrected chi connectivity index (χ4v) is 4.40. The Morgan fingerprint density at radius 3 is 2.41 bits per heavy atom. The highest BCUT2D eigenvalue weighted by Crippen LogP contribution is 2.20. The number of carbonyl (C=O) groups is 1. The quantitative estimate of drug-likeness (QED) is 0.509. The fourth-order valence-electron chi connectivity index (χ4n) is 2.89. The Labute approximate surface area is 179 Å². The summed E-state index contributed by atoms with van der Waals surface area (Å²) in [6.45, 7) is 1.93. The molecule has 152 valence electrons. The minimum Gasteiger partial charge on any atom is -0.455 e. The van der Waals surface area contributed by atoms with Crippen molar-refractivity contribution in [3.05, 3.63) is 88.3 Å². The summed E-state index contributed by atoms with van der Waals surface area (Å²) in [6, 6.07) is 19.5. The van der Waals surface area contributed by atoms with Gasteiger partial charge >= 0.3 is 0 Å². The summed E-state index contributed by atoms with van der Waals surface area (Å²) in [7, 11) is -3.55. The van der Waals surface area contributed by atoms with Gasteiger partial charge in [0.05, 0.1) is 4.90 Å². The molecular weight excluding hydrogens is 454 g/mol. The first-order chi connectivity index (χ1) is 13.8. The molecule has 5 nitrogen and oxygen atoms in total. The lowest BCUT2D eigenvalue weighted by molar-refractivity contribution is 0.0909. The Bertz CT molecular complexity index is 1060. The van der Waals surface area contributed by atoms with E-state index >= 15 is 0 Å². The number of amides is 1. The van der Waals surface area contributed by atoms with Gasteiger partial charge in [0.1, 0.15) is 11.5 Å². The van der Waals surface area contributed by atoms with Crippen molar-refractivity contribution in [1.82, 2.24) is 5.32 Å². The molecule has 0 spiro atoms. The second kappa shape index (κ2) is 9.41. The van der Waals surface area contributed by atoms with Gasteiger partial charge in [0.15, 0.2) is 15.6 Å². The molecule has 1 N–H and O–H groups in total. The van der Waals surface area contributed by atoms with E-state index in [-0.39, 0.29) is 34.1 Å². The summed E-state index contributed by atoms with van der Waals surface area (Å²) >= 11 is 3.28. The van der Waals surface area contributed by atoms with E-state index in [9.17, 15) is 13.2 Å². The number of rotatable bonds is 8. The molecule has 7 heteroatoms. The first kappa shape index (κ1) is 21.3. The summed E-state index contributed by atoms with van der Waals surface area (Å²) in [5, 5.41) is 2.89. The summed E-state index contributed by atoms with van der Waals surface area (Å²) in [5.74, 6) is -0.309. The molecule has 3 aromatic rings. The highest BCUT2D eigenvalue weighted by atomic mass is 79.9. The smallest absolute Gasteiger partial charge is 0.287 e. The van der Waals surface area contributed by atoms with E-state index in [1.165, 1.54) is 29.8 Å². The Balaban J connectivity index is 1.57. The molecule has 1 amide bonds. The molecule has 0 radical (unpaired) electrons. The van der Waals surface area contributed by atoms with Crippen molar-refractivity contribution >= 4 is 31.7 Å². The van der Waals surface area contributed by atoms with Crippen molar-refractivity contribution < 1.29 is 17.6 Å². The number of halogens is 1. The summed E-state index contributed by atoms with van der Waals surface area (Å²) in [5.41, 5.74) is 1.21. The van der Waals surface area contributed by atoms with Gasteiger partial charge < -0.3 is 9.73 Å². The number of furan rings is 1. The first-order valence-corrected chi connectivity index (χ1v) is 11.7. The van der Waals surface area contributed by atoms with E-state index in [2.05, 4.69) is 33.4 Å². The molecule has 0 aliphatic rings. The molecule has 1 heterocycles. The van der Waals surface area contributed by atoms with Crippen LogP contribution in [-0.4, -0.2) is 20.4 Å². The van der Waals surface area contributed by atoms with E-state index in [1.54, 1.807) is 12.1 Å². The van der Waals surface area contributed by atoms with Crippen LogP contribution in [0.3, 0.4) is 0 Å². The largest absolute Gasteiger partial charge is 0.455 e. The first-order valence-electron chi connectivity index (χ1n) is 9.25. The van der Waals surface area contributed by atoms with Gasteiger partial charge in [0.2, 0.25) is 0 Å². The lowest BCUT2D eigenvalue weighted by atomic mass is 10.1. The predicted octanol–water partition coefficient (Wildman–Crippen LogP) is 4.77. The third kappa shape index (κ3) is 6.05. The maximum absolute atomic E-state index is 12.5. The molecule has 3 rings (SSSR count). The maximum atomic E-state index is 12.5. The topological polar surface area (TPSA) is 76.4 Å². The minimum absolute atomic E-state index is 0.0391. The lowest BCUT2D eigenvalue weighted by Crippen LogP contribution is -2.32. The molecule has 1 aromatic heterocycles. The Kier molecular flexibility index (Phi) is 6.92. The third-order valence-electron chi connectivity index (χ3n) is 4.48. The molecule has 0 aliphatic carbocycles. The number of nitrogens with one attached hydrogen (secondary N) is 1. The van der Waals surface area contributed by atoms with Gasteiger partial charge in [0, 0.05) is 10.5 Å². The Morgan fingerprint density at radius 1 is 1.03 bits per heavy atom. The second-order valence-corrected chi connectivity index (χ2v) is 9.78. The second-order valence-electron chi connectivity index (χ2n) is 6.88. The zero-order valence-electron chi connectivity index (χ0n) is 16.0. The molecule has 1 atom stereocenters. The van der Waals surface area contributed by atoms with Crippen molar-refractivity contribution in [2.24, 2.45) is 0 Å². The van der Waals surface area contributed by atoms with E-state index in [0.717, 1.165) is 17.3 Å². The zero-order chi connectivity index (χ0) is 20.9. The molecule has 2 aromatic carbocycles.